The molecular weight excluding hydrogens is 492 g/mol. The van der Waals surface area contributed by atoms with Gasteiger partial charge in [-0.05, 0) is 68.4 Å². The van der Waals surface area contributed by atoms with Crippen LogP contribution in [0.2, 0.25) is 0 Å². The third-order valence-corrected chi connectivity index (χ3v) is 6.13. The van der Waals surface area contributed by atoms with Crippen molar-refractivity contribution < 1.29 is 19.2 Å². The molecule has 0 saturated carbocycles. The maximum Gasteiger partial charge on any atom is 0.224 e. The van der Waals surface area contributed by atoms with E-state index in [4.69, 9.17) is 12.2 Å². The monoisotopic (exact) mass is 534 g/mol. The van der Waals surface area contributed by atoms with Crippen molar-refractivity contribution in [1.29, 1.82) is 0 Å². The van der Waals surface area contributed by atoms with Crippen LogP contribution in [0.1, 0.15) is 64.9 Å². The van der Waals surface area contributed by atoms with Crippen LogP contribution in [0, 0.1) is 0 Å². The number of amides is 4. The summed E-state index contributed by atoms with van der Waals surface area (Å²) >= 11 is 5.12. The molecule has 0 unspecified atom stereocenters. The Hall–Kier alpha value is -3.21. The first-order chi connectivity index (χ1) is 17.5. The molecule has 37 heavy (non-hydrogen) atoms. The number of benzene rings is 1. The van der Waals surface area contributed by atoms with E-state index in [1.165, 1.54) is 20.8 Å². The zero-order valence-corrected chi connectivity index (χ0v) is 23.2. The summed E-state index contributed by atoms with van der Waals surface area (Å²) in [6.07, 6.45) is 4.24. The van der Waals surface area contributed by atoms with Gasteiger partial charge >= 0.3 is 0 Å². The maximum absolute atomic E-state index is 13.2. The number of hydrogen-bond donors (Lipinski definition) is 6. The zero-order chi connectivity index (χ0) is 27.7. The summed E-state index contributed by atoms with van der Waals surface area (Å²) in [5.41, 5.74) is 1.15. The lowest BCUT2D eigenvalue weighted by atomic mass is 9.83. The molecule has 0 aromatic heterocycles. The SMILES string of the molecule is CNC(=S)Nc1ccc(CC(=O)NC(CCCNC(C)=O)(CCCNC(C)=O)CCCNC(C)=O)cc1. The quantitative estimate of drug-likeness (QED) is 0.140. The van der Waals surface area contributed by atoms with E-state index in [0.29, 0.717) is 63.3 Å². The minimum absolute atomic E-state index is 0.0978. The van der Waals surface area contributed by atoms with E-state index in [1.807, 2.05) is 24.3 Å². The van der Waals surface area contributed by atoms with Crippen LogP contribution in [0.25, 0.3) is 0 Å². The van der Waals surface area contributed by atoms with Crippen molar-refractivity contribution in [1.82, 2.24) is 26.6 Å². The van der Waals surface area contributed by atoms with Crippen molar-refractivity contribution in [3.05, 3.63) is 29.8 Å². The van der Waals surface area contributed by atoms with E-state index < -0.39 is 5.54 Å². The van der Waals surface area contributed by atoms with Gasteiger partial charge in [0.15, 0.2) is 5.11 Å². The molecule has 1 rings (SSSR count). The van der Waals surface area contributed by atoms with Gasteiger partial charge in [-0.2, -0.15) is 0 Å². The molecule has 0 fully saturated rings. The Morgan fingerprint density at radius 3 is 1.57 bits per heavy atom. The third kappa shape index (κ3) is 14.8. The molecular formula is C26H42N6O4S. The molecule has 0 heterocycles. The van der Waals surface area contributed by atoms with Crippen LogP contribution in [-0.2, 0) is 25.6 Å². The molecule has 0 aliphatic carbocycles. The predicted molar refractivity (Wildman–Crippen MR) is 150 cm³/mol. The van der Waals surface area contributed by atoms with Crippen molar-refractivity contribution in [3.63, 3.8) is 0 Å². The first-order valence-corrected chi connectivity index (χ1v) is 13.1. The second kappa shape index (κ2) is 17.3. The van der Waals surface area contributed by atoms with Crippen molar-refractivity contribution in [3.8, 4) is 0 Å². The molecule has 206 valence electrons. The van der Waals surface area contributed by atoms with Crippen LogP contribution in [0.5, 0.6) is 0 Å². The van der Waals surface area contributed by atoms with Gasteiger partial charge in [-0.3, -0.25) is 19.2 Å². The zero-order valence-electron chi connectivity index (χ0n) is 22.4. The van der Waals surface area contributed by atoms with E-state index in [1.54, 1.807) is 7.05 Å². The molecule has 0 aliphatic heterocycles. The molecule has 0 atom stereocenters. The van der Waals surface area contributed by atoms with Crippen molar-refractivity contribution in [2.45, 2.75) is 71.3 Å². The van der Waals surface area contributed by atoms with E-state index >= 15 is 0 Å². The van der Waals surface area contributed by atoms with Crippen molar-refractivity contribution in [2.75, 3.05) is 32.0 Å². The number of thiocarbonyl (C=S) groups is 1. The van der Waals surface area contributed by atoms with Crippen LogP contribution >= 0.6 is 12.2 Å². The molecule has 0 spiro atoms. The summed E-state index contributed by atoms with van der Waals surface area (Å²) in [7, 11) is 1.74. The Labute approximate surface area is 225 Å². The molecule has 0 bridgehead atoms. The van der Waals surface area contributed by atoms with Gasteiger partial charge in [-0.1, -0.05) is 12.1 Å². The average molecular weight is 535 g/mol. The Kier molecular flexibility index (Phi) is 14.9. The van der Waals surface area contributed by atoms with Gasteiger partial charge in [-0.15, -0.1) is 0 Å². The van der Waals surface area contributed by atoms with Gasteiger partial charge < -0.3 is 31.9 Å². The Morgan fingerprint density at radius 2 is 1.19 bits per heavy atom. The van der Waals surface area contributed by atoms with Crippen molar-refractivity contribution >= 4 is 46.6 Å². The molecule has 1 aromatic carbocycles. The van der Waals surface area contributed by atoms with E-state index in [0.717, 1.165) is 11.3 Å². The number of nitrogens with one attached hydrogen (secondary N) is 6. The lowest BCUT2D eigenvalue weighted by molar-refractivity contribution is -0.123. The van der Waals surface area contributed by atoms with Gasteiger partial charge in [0.1, 0.15) is 0 Å². The maximum atomic E-state index is 13.2. The van der Waals surface area contributed by atoms with Crippen LogP contribution in [0.15, 0.2) is 24.3 Å². The highest BCUT2D eigenvalue weighted by molar-refractivity contribution is 7.80. The first kappa shape index (κ1) is 31.8. The Balaban J connectivity index is 2.95. The lowest BCUT2D eigenvalue weighted by Crippen LogP contribution is -2.50. The second-order valence-corrected chi connectivity index (χ2v) is 9.57. The van der Waals surface area contributed by atoms with Crippen LogP contribution in [0.3, 0.4) is 0 Å². The van der Waals surface area contributed by atoms with Crippen LogP contribution in [0.4, 0.5) is 5.69 Å². The number of hydrogen-bond acceptors (Lipinski definition) is 5. The van der Waals surface area contributed by atoms with Crippen molar-refractivity contribution in [2.24, 2.45) is 0 Å². The van der Waals surface area contributed by atoms with Crippen LogP contribution < -0.4 is 31.9 Å². The summed E-state index contributed by atoms with van der Waals surface area (Å²) in [5, 5.41) is 18.1. The largest absolute Gasteiger partial charge is 0.366 e. The Bertz CT molecular complexity index is 852. The van der Waals surface area contributed by atoms with Gasteiger partial charge in [0.25, 0.3) is 0 Å². The number of rotatable bonds is 16. The molecule has 10 nitrogen and oxygen atoms in total. The highest BCUT2D eigenvalue weighted by atomic mass is 32.1. The number of anilines is 1. The molecule has 0 radical (unpaired) electrons. The molecule has 0 aliphatic rings. The predicted octanol–water partition coefficient (Wildman–Crippen LogP) is 1.75. The highest BCUT2D eigenvalue weighted by Crippen LogP contribution is 2.26. The molecule has 4 amide bonds. The molecule has 11 heteroatoms. The topological polar surface area (TPSA) is 140 Å². The summed E-state index contributed by atoms with van der Waals surface area (Å²) in [5.74, 6) is -0.400. The minimum Gasteiger partial charge on any atom is -0.366 e. The lowest BCUT2D eigenvalue weighted by Gasteiger charge is -2.36. The highest BCUT2D eigenvalue weighted by Gasteiger charge is 2.30. The third-order valence-electron chi connectivity index (χ3n) is 5.83. The fourth-order valence-electron chi connectivity index (χ4n) is 4.06. The fraction of sp³-hybridized carbons (Fsp3) is 0.577. The smallest absolute Gasteiger partial charge is 0.224 e. The van der Waals surface area contributed by atoms with Gasteiger partial charge in [0, 0.05) is 58.7 Å². The standard InChI is InChI=1S/C26H42N6O4S/c1-19(33)28-15-5-12-26(13-6-16-29-20(2)34,14-7-17-30-21(3)35)32-24(36)18-22-8-10-23(11-9-22)31-25(37)27-4/h8-11H,5-7,12-18H2,1-4H3,(H,28,33)(H,29,34)(H,30,35)(H,32,36)(H2,27,31,37). The Morgan fingerprint density at radius 1 is 0.757 bits per heavy atom. The first-order valence-electron chi connectivity index (χ1n) is 12.7. The summed E-state index contributed by atoms with van der Waals surface area (Å²) in [6.45, 7) is 5.95. The number of carbonyl (C=O) groups is 4. The summed E-state index contributed by atoms with van der Waals surface area (Å²) in [6, 6.07) is 7.50. The molecule has 6 N–H and O–H groups in total. The summed E-state index contributed by atoms with van der Waals surface area (Å²) in [4.78, 5) is 47.2. The molecule has 0 saturated heterocycles. The minimum atomic E-state index is -0.535. The van der Waals surface area contributed by atoms with E-state index in [2.05, 4.69) is 31.9 Å². The fourth-order valence-corrected chi connectivity index (χ4v) is 4.18. The van der Waals surface area contributed by atoms with Crippen LogP contribution in [-0.4, -0.2) is 61.0 Å². The van der Waals surface area contributed by atoms with Gasteiger partial charge in [-0.25, -0.2) is 0 Å². The van der Waals surface area contributed by atoms with E-state index in [9.17, 15) is 19.2 Å². The summed E-state index contributed by atoms with van der Waals surface area (Å²) < 4.78 is 0. The molecule has 1 aromatic rings. The van der Waals surface area contributed by atoms with Gasteiger partial charge in [0.2, 0.25) is 23.6 Å². The van der Waals surface area contributed by atoms with Gasteiger partial charge in [0.05, 0.1) is 6.42 Å². The second-order valence-electron chi connectivity index (χ2n) is 9.17. The number of carbonyl (C=O) groups excluding carboxylic acids is 4. The average Bonchev–Trinajstić information content (AvgIpc) is 2.83. The normalized spacial score (nSPS) is 10.7. The van der Waals surface area contributed by atoms with E-state index in [-0.39, 0.29) is 30.0 Å².